The summed E-state index contributed by atoms with van der Waals surface area (Å²) in [5, 5.41) is 0. The van der Waals surface area contributed by atoms with Crippen molar-refractivity contribution in [3.8, 4) is 0 Å². The van der Waals surface area contributed by atoms with E-state index < -0.39 is 5.54 Å². The molecule has 3 nitrogen and oxygen atoms in total. The Labute approximate surface area is 81.3 Å². The topological polar surface area (TPSA) is 46.3 Å². The summed E-state index contributed by atoms with van der Waals surface area (Å²) in [6.07, 6.45) is 1.41. The Morgan fingerprint density at radius 2 is 1.54 bits per heavy atom. The highest BCUT2D eigenvalue weighted by molar-refractivity contribution is 5.86. The van der Waals surface area contributed by atoms with Gasteiger partial charge in [0, 0.05) is 13.1 Å². The van der Waals surface area contributed by atoms with E-state index >= 15 is 0 Å². The molecule has 0 saturated carbocycles. The minimum Gasteiger partial charge on any atom is -0.342 e. The fourth-order valence-electron chi connectivity index (χ4n) is 1.38. The van der Waals surface area contributed by atoms with Gasteiger partial charge in [0.05, 0.1) is 5.54 Å². The van der Waals surface area contributed by atoms with Gasteiger partial charge in [-0.2, -0.15) is 0 Å². The van der Waals surface area contributed by atoms with Gasteiger partial charge in [0.25, 0.3) is 0 Å². The molecule has 0 heterocycles. The Balaban J connectivity index is 4.53. The van der Waals surface area contributed by atoms with Gasteiger partial charge >= 0.3 is 0 Å². The first-order valence-corrected chi connectivity index (χ1v) is 5.13. The maximum Gasteiger partial charge on any atom is 0.242 e. The van der Waals surface area contributed by atoms with Crippen LogP contribution in [0.2, 0.25) is 0 Å². The van der Waals surface area contributed by atoms with Crippen molar-refractivity contribution in [3.05, 3.63) is 0 Å². The lowest BCUT2D eigenvalue weighted by Crippen LogP contribution is -2.54. The van der Waals surface area contributed by atoms with E-state index in [1.165, 1.54) is 0 Å². The van der Waals surface area contributed by atoms with Crippen molar-refractivity contribution in [1.29, 1.82) is 0 Å². The summed E-state index contributed by atoms with van der Waals surface area (Å²) in [6, 6.07) is 0. The lowest BCUT2D eigenvalue weighted by Gasteiger charge is -2.31. The number of hydrogen-bond acceptors (Lipinski definition) is 2. The van der Waals surface area contributed by atoms with Crippen LogP contribution < -0.4 is 5.73 Å². The van der Waals surface area contributed by atoms with Crippen LogP contribution in [0.5, 0.6) is 0 Å². The molecule has 0 spiro atoms. The molecule has 0 aliphatic heterocycles. The maximum atomic E-state index is 11.9. The molecule has 0 bridgehead atoms. The number of hydrogen-bond donors (Lipinski definition) is 1. The molecular weight excluding hydrogens is 164 g/mol. The maximum absolute atomic E-state index is 11.9. The standard InChI is InChI=1S/C10H22N2O/c1-5-10(11,6-2)9(13)12(7-3)8-4/h5-8,11H2,1-4H3. The SMILES string of the molecule is CCN(CC)C(=O)C(N)(CC)CC. The number of nitrogens with two attached hydrogens (primary N) is 1. The van der Waals surface area contributed by atoms with Crippen LogP contribution in [-0.4, -0.2) is 29.4 Å². The zero-order valence-electron chi connectivity index (χ0n) is 9.26. The lowest BCUT2D eigenvalue weighted by molar-refractivity contribution is -0.136. The summed E-state index contributed by atoms with van der Waals surface area (Å²) < 4.78 is 0. The average molecular weight is 186 g/mol. The van der Waals surface area contributed by atoms with E-state index in [2.05, 4.69) is 0 Å². The highest BCUT2D eigenvalue weighted by Crippen LogP contribution is 2.14. The van der Waals surface area contributed by atoms with Crippen molar-refractivity contribution >= 4 is 5.91 Å². The van der Waals surface area contributed by atoms with Gasteiger partial charge in [-0.3, -0.25) is 4.79 Å². The van der Waals surface area contributed by atoms with E-state index in [-0.39, 0.29) is 5.91 Å². The first kappa shape index (κ1) is 12.4. The summed E-state index contributed by atoms with van der Waals surface area (Å²) in [5.41, 5.74) is 5.35. The fourth-order valence-corrected chi connectivity index (χ4v) is 1.38. The Morgan fingerprint density at radius 1 is 1.15 bits per heavy atom. The number of amides is 1. The minimum atomic E-state index is -0.647. The highest BCUT2D eigenvalue weighted by atomic mass is 16.2. The van der Waals surface area contributed by atoms with Gasteiger partial charge in [-0.1, -0.05) is 13.8 Å². The van der Waals surface area contributed by atoms with E-state index in [0.29, 0.717) is 12.8 Å². The van der Waals surface area contributed by atoms with Crippen LogP contribution in [0, 0.1) is 0 Å². The Hall–Kier alpha value is -0.570. The molecule has 0 atom stereocenters. The second kappa shape index (κ2) is 5.22. The summed E-state index contributed by atoms with van der Waals surface area (Å²) in [6.45, 7) is 9.37. The molecule has 0 rings (SSSR count). The van der Waals surface area contributed by atoms with E-state index in [1.807, 2.05) is 27.7 Å². The number of nitrogens with zero attached hydrogens (tertiary/aromatic N) is 1. The van der Waals surface area contributed by atoms with Gasteiger partial charge in [-0.05, 0) is 26.7 Å². The summed E-state index contributed by atoms with van der Waals surface area (Å²) in [4.78, 5) is 13.7. The molecule has 0 aromatic rings. The third-order valence-electron chi connectivity index (χ3n) is 2.74. The Kier molecular flexibility index (Phi) is 4.99. The summed E-state index contributed by atoms with van der Waals surface area (Å²) in [5.74, 6) is 0.0856. The van der Waals surface area contributed by atoms with Gasteiger partial charge in [0.1, 0.15) is 0 Å². The first-order chi connectivity index (χ1) is 6.05. The Morgan fingerprint density at radius 3 is 1.77 bits per heavy atom. The zero-order valence-corrected chi connectivity index (χ0v) is 9.26. The van der Waals surface area contributed by atoms with Crippen molar-refractivity contribution < 1.29 is 4.79 Å². The molecular formula is C10H22N2O. The summed E-state index contributed by atoms with van der Waals surface area (Å²) in [7, 11) is 0. The monoisotopic (exact) mass is 186 g/mol. The van der Waals surface area contributed by atoms with Crippen LogP contribution in [0.4, 0.5) is 0 Å². The van der Waals surface area contributed by atoms with Gasteiger partial charge in [-0.25, -0.2) is 0 Å². The predicted octanol–water partition coefficient (Wildman–Crippen LogP) is 1.37. The largest absolute Gasteiger partial charge is 0.342 e. The van der Waals surface area contributed by atoms with Crippen molar-refractivity contribution in [1.82, 2.24) is 4.90 Å². The molecule has 0 aromatic carbocycles. The van der Waals surface area contributed by atoms with Crippen molar-refractivity contribution in [2.24, 2.45) is 5.73 Å². The molecule has 2 N–H and O–H groups in total. The van der Waals surface area contributed by atoms with Crippen LogP contribution in [0.1, 0.15) is 40.5 Å². The summed E-state index contributed by atoms with van der Waals surface area (Å²) >= 11 is 0. The molecule has 0 aliphatic carbocycles. The van der Waals surface area contributed by atoms with Crippen LogP contribution >= 0.6 is 0 Å². The van der Waals surface area contributed by atoms with Crippen molar-refractivity contribution in [2.75, 3.05) is 13.1 Å². The third kappa shape index (κ3) is 2.69. The number of carbonyl (C=O) groups is 1. The van der Waals surface area contributed by atoms with Gasteiger partial charge in [-0.15, -0.1) is 0 Å². The van der Waals surface area contributed by atoms with E-state index in [9.17, 15) is 4.79 Å². The normalized spacial score (nSPS) is 11.5. The molecule has 0 radical (unpaired) electrons. The van der Waals surface area contributed by atoms with Crippen molar-refractivity contribution in [3.63, 3.8) is 0 Å². The molecule has 0 fully saturated rings. The van der Waals surface area contributed by atoms with E-state index in [0.717, 1.165) is 13.1 Å². The minimum absolute atomic E-state index is 0.0856. The van der Waals surface area contributed by atoms with Crippen LogP contribution in [-0.2, 0) is 4.79 Å². The number of rotatable bonds is 5. The van der Waals surface area contributed by atoms with Gasteiger partial charge in [0.2, 0.25) is 5.91 Å². The molecule has 0 saturated heterocycles. The second-order valence-electron chi connectivity index (χ2n) is 3.34. The van der Waals surface area contributed by atoms with Crippen LogP contribution in [0.3, 0.4) is 0 Å². The fraction of sp³-hybridized carbons (Fsp3) is 0.900. The third-order valence-corrected chi connectivity index (χ3v) is 2.74. The van der Waals surface area contributed by atoms with Gasteiger partial charge in [0.15, 0.2) is 0 Å². The van der Waals surface area contributed by atoms with Crippen LogP contribution in [0.25, 0.3) is 0 Å². The highest BCUT2D eigenvalue weighted by Gasteiger charge is 2.32. The quantitative estimate of drug-likeness (QED) is 0.705. The average Bonchev–Trinajstić information content (AvgIpc) is 2.18. The lowest BCUT2D eigenvalue weighted by atomic mass is 9.92. The Bertz CT molecular complexity index is 160. The zero-order chi connectivity index (χ0) is 10.5. The van der Waals surface area contributed by atoms with Gasteiger partial charge < -0.3 is 10.6 Å². The van der Waals surface area contributed by atoms with E-state index in [1.54, 1.807) is 4.90 Å². The van der Waals surface area contributed by atoms with Crippen LogP contribution in [0.15, 0.2) is 0 Å². The predicted molar refractivity (Wildman–Crippen MR) is 55.4 cm³/mol. The number of carbonyl (C=O) groups excluding carboxylic acids is 1. The first-order valence-electron chi connectivity index (χ1n) is 5.13. The smallest absolute Gasteiger partial charge is 0.242 e. The molecule has 78 valence electrons. The van der Waals surface area contributed by atoms with Crippen molar-refractivity contribution in [2.45, 2.75) is 46.1 Å². The molecule has 3 heteroatoms. The molecule has 0 unspecified atom stereocenters. The van der Waals surface area contributed by atoms with E-state index in [4.69, 9.17) is 5.73 Å². The molecule has 1 amide bonds. The molecule has 13 heavy (non-hydrogen) atoms. The molecule has 0 aromatic heterocycles. The second-order valence-corrected chi connectivity index (χ2v) is 3.34. The molecule has 0 aliphatic rings. The number of likely N-dealkylation sites (N-methyl/N-ethyl adjacent to an activating group) is 1.